The molecule has 0 aromatic heterocycles. The van der Waals surface area contributed by atoms with Crippen molar-refractivity contribution in [3.63, 3.8) is 0 Å². The van der Waals surface area contributed by atoms with Crippen molar-refractivity contribution in [2.24, 2.45) is 0 Å². The van der Waals surface area contributed by atoms with Crippen LogP contribution in [-0.2, 0) is 14.3 Å². The minimum absolute atomic E-state index is 0.377. The molecule has 7 heteroatoms. The van der Waals surface area contributed by atoms with Gasteiger partial charge in [0.2, 0.25) is 0 Å². The summed E-state index contributed by atoms with van der Waals surface area (Å²) in [4.78, 5) is 25.8. The van der Waals surface area contributed by atoms with Crippen LogP contribution in [0, 0.1) is 11.3 Å². The van der Waals surface area contributed by atoms with Crippen LogP contribution in [0.3, 0.4) is 0 Å². The van der Waals surface area contributed by atoms with Gasteiger partial charge in [-0.15, -0.1) is 0 Å². The predicted octanol–water partition coefficient (Wildman–Crippen LogP) is 3.34. The first kappa shape index (κ1) is 22.3. The maximum Gasteiger partial charge on any atom is 0.331 e. The quantitative estimate of drug-likeness (QED) is 0.491. The lowest BCUT2D eigenvalue weighted by atomic mass is 9.81. The lowest BCUT2D eigenvalue weighted by Crippen LogP contribution is -2.51. The zero-order chi connectivity index (χ0) is 21.3. The van der Waals surface area contributed by atoms with Crippen LogP contribution in [0.1, 0.15) is 44.6 Å². The van der Waals surface area contributed by atoms with E-state index in [4.69, 9.17) is 14.2 Å². The summed E-state index contributed by atoms with van der Waals surface area (Å²) in [5.74, 6) is 0.179. The number of carbonyl (C=O) groups is 2. The van der Waals surface area contributed by atoms with Gasteiger partial charge in [-0.25, -0.2) is 4.79 Å². The molecule has 0 spiro atoms. The van der Waals surface area contributed by atoms with Crippen LogP contribution in [0.5, 0.6) is 11.5 Å². The molecule has 1 aliphatic rings. The highest BCUT2D eigenvalue weighted by molar-refractivity contribution is 5.89. The number of likely N-dealkylation sites (N-methyl/N-ethyl adjacent to an activating group) is 1. The van der Waals surface area contributed by atoms with E-state index < -0.39 is 18.1 Å². The van der Waals surface area contributed by atoms with Crippen LogP contribution in [0.15, 0.2) is 24.3 Å². The molecule has 1 amide bonds. The standard InChI is InChI=1S/C22H28N2O5/c1-4-28-18-10-8-17(14-19(18)27-3)9-11-21(26)29-15-20(25)24(2)22(16-23)12-6-5-7-13-22/h8-11,14H,4-7,12-13,15H2,1-3H3/b11-9+. The second kappa shape index (κ2) is 10.5. The Balaban J connectivity index is 1.92. The van der Waals surface area contributed by atoms with E-state index in [1.165, 1.54) is 11.0 Å². The maximum absolute atomic E-state index is 12.4. The van der Waals surface area contributed by atoms with E-state index in [-0.39, 0.29) is 5.91 Å². The molecule has 1 aromatic rings. The highest BCUT2D eigenvalue weighted by atomic mass is 16.5. The van der Waals surface area contributed by atoms with E-state index in [1.807, 2.05) is 6.92 Å². The monoisotopic (exact) mass is 400 g/mol. The van der Waals surface area contributed by atoms with Gasteiger partial charge in [-0.05, 0) is 43.5 Å². The molecular weight excluding hydrogens is 372 g/mol. The van der Waals surface area contributed by atoms with Gasteiger partial charge in [0, 0.05) is 13.1 Å². The number of amides is 1. The van der Waals surface area contributed by atoms with Gasteiger partial charge in [-0.1, -0.05) is 25.3 Å². The summed E-state index contributed by atoms with van der Waals surface area (Å²) in [5, 5.41) is 9.56. The second-order valence-electron chi connectivity index (χ2n) is 6.94. The molecule has 0 N–H and O–H groups in total. The van der Waals surface area contributed by atoms with Crippen molar-refractivity contribution in [2.45, 2.75) is 44.6 Å². The third-order valence-corrected chi connectivity index (χ3v) is 5.14. The van der Waals surface area contributed by atoms with Crippen molar-refractivity contribution in [3.8, 4) is 17.6 Å². The minimum atomic E-state index is -0.795. The van der Waals surface area contributed by atoms with Crippen molar-refractivity contribution in [2.75, 3.05) is 27.4 Å². The van der Waals surface area contributed by atoms with Crippen LogP contribution in [0.2, 0.25) is 0 Å². The summed E-state index contributed by atoms with van der Waals surface area (Å²) in [6.07, 6.45) is 7.04. The van der Waals surface area contributed by atoms with E-state index in [0.717, 1.165) is 24.8 Å². The number of hydrogen-bond acceptors (Lipinski definition) is 6. The fourth-order valence-electron chi connectivity index (χ4n) is 3.40. The average molecular weight is 400 g/mol. The number of methoxy groups -OCH3 is 1. The van der Waals surface area contributed by atoms with E-state index in [9.17, 15) is 14.9 Å². The minimum Gasteiger partial charge on any atom is -0.493 e. The van der Waals surface area contributed by atoms with Crippen molar-refractivity contribution in [1.29, 1.82) is 5.26 Å². The van der Waals surface area contributed by atoms with Crippen LogP contribution < -0.4 is 9.47 Å². The third kappa shape index (κ3) is 5.74. The molecule has 0 bridgehead atoms. The molecule has 1 aliphatic carbocycles. The Hall–Kier alpha value is -3.01. The molecule has 0 aliphatic heterocycles. The number of carbonyl (C=O) groups excluding carboxylic acids is 2. The molecule has 0 heterocycles. The van der Waals surface area contributed by atoms with Crippen LogP contribution in [-0.4, -0.2) is 49.7 Å². The topological polar surface area (TPSA) is 88.9 Å². The van der Waals surface area contributed by atoms with Gasteiger partial charge in [0.25, 0.3) is 5.91 Å². The average Bonchev–Trinajstić information content (AvgIpc) is 2.76. The van der Waals surface area contributed by atoms with E-state index in [0.29, 0.717) is 30.9 Å². The summed E-state index contributed by atoms with van der Waals surface area (Å²) in [6, 6.07) is 7.58. The van der Waals surface area contributed by atoms with Crippen molar-refractivity contribution < 1.29 is 23.8 Å². The van der Waals surface area contributed by atoms with Crippen molar-refractivity contribution >= 4 is 18.0 Å². The molecule has 0 radical (unpaired) electrons. The van der Waals surface area contributed by atoms with Crippen LogP contribution in [0.25, 0.3) is 6.08 Å². The Morgan fingerprint density at radius 1 is 1.24 bits per heavy atom. The van der Waals surface area contributed by atoms with Gasteiger partial charge < -0.3 is 19.1 Å². The molecule has 1 fully saturated rings. The molecule has 1 saturated carbocycles. The fourth-order valence-corrected chi connectivity index (χ4v) is 3.40. The SMILES string of the molecule is CCOc1ccc(/C=C/C(=O)OCC(=O)N(C)C2(C#N)CCCCC2)cc1OC. The van der Waals surface area contributed by atoms with E-state index in [1.54, 1.807) is 38.4 Å². The number of nitriles is 1. The molecule has 0 atom stereocenters. The highest BCUT2D eigenvalue weighted by Crippen LogP contribution is 2.32. The number of rotatable bonds is 8. The second-order valence-corrected chi connectivity index (χ2v) is 6.94. The number of benzene rings is 1. The summed E-state index contributed by atoms with van der Waals surface area (Å²) in [7, 11) is 3.15. The Bertz CT molecular complexity index is 791. The largest absolute Gasteiger partial charge is 0.493 e. The predicted molar refractivity (Wildman–Crippen MR) is 108 cm³/mol. The summed E-state index contributed by atoms with van der Waals surface area (Å²) >= 11 is 0. The molecule has 156 valence electrons. The summed E-state index contributed by atoms with van der Waals surface area (Å²) < 4.78 is 15.8. The lowest BCUT2D eigenvalue weighted by molar-refractivity contribution is -0.150. The first-order valence-corrected chi connectivity index (χ1v) is 9.79. The zero-order valence-corrected chi connectivity index (χ0v) is 17.3. The van der Waals surface area contributed by atoms with Crippen molar-refractivity contribution in [3.05, 3.63) is 29.8 Å². The zero-order valence-electron chi connectivity index (χ0n) is 17.3. The first-order valence-electron chi connectivity index (χ1n) is 9.79. The molecule has 0 saturated heterocycles. The Morgan fingerprint density at radius 3 is 2.59 bits per heavy atom. The third-order valence-electron chi connectivity index (χ3n) is 5.14. The van der Waals surface area contributed by atoms with Gasteiger partial charge >= 0.3 is 5.97 Å². The number of esters is 1. The summed E-state index contributed by atoms with van der Waals surface area (Å²) in [5.41, 5.74) is -0.0625. The molecule has 2 rings (SSSR count). The Kier molecular flexibility index (Phi) is 8.08. The molecule has 0 unspecified atom stereocenters. The normalized spacial score (nSPS) is 15.4. The highest BCUT2D eigenvalue weighted by Gasteiger charge is 2.38. The fraction of sp³-hybridized carbons (Fsp3) is 0.500. The van der Waals surface area contributed by atoms with Gasteiger partial charge in [-0.2, -0.15) is 5.26 Å². The van der Waals surface area contributed by atoms with Gasteiger partial charge in [0.1, 0.15) is 5.54 Å². The number of hydrogen-bond donors (Lipinski definition) is 0. The maximum atomic E-state index is 12.4. The smallest absolute Gasteiger partial charge is 0.331 e. The molecular formula is C22H28N2O5. The molecule has 29 heavy (non-hydrogen) atoms. The van der Waals surface area contributed by atoms with Gasteiger partial charge in [0.05, 0.1) is 19.8 Å². The Morgan fingerprint density at radius 2 is 1.97 bits per heavy atom. The first-order chi connectivity index (χ1) is 14.0. The van der Waals surface area contributed by atoms with Crippen molar-refractivity contribution in [1.82, 2.24) is 4.90 Å². The molecule has 1 aromatic carbocycles. The van der Waals surface area contributed by atoms with Crippen LogP contribution in [0.4, 0.5) is 0 Å². The summed E-state index contributed by atoms with van der Waals surface area (Å²) in [6.45, 7) is 2.01. The number of nitrogens with zero attached hydrogens (tertiary/aromatic N) is 2. The van der Waals surface area contributed by atoms with Gasteiger partial charge in [-0.3, -0.25) is 4.79 Å². The number of ether oxygens (including phenoxy) is 3. The Labute approximate surface area is 171 Å². The van der Waals surface area contributed by atoms with E-state index in [2.05, 4.69) is 6.07 Å². The van der Waals surface area contributed by atoms with E-state index >= 15 is 0 Å². The lowest BCUT2D eigenvalue weighted by Gasteiger charge is -2.38. The van der Waals surface area contributed by atoms with Gasteiger partial charge in [0.15, 0.2) is 18.1 Å². The van der Waals surface area contributed by atoms with Crippen LogP contribution >= 0.6 is 0 Å². The molecule has 7 nitrogen and oxygen atoms in total.